The van der Waals surface area contributed by atoms with Crippen LogP contribution in [0.3, 0.4) is 0 Å². The maximum Gasteiger partial charge on any atom is 0.301 e. The second-order valence-electron chi connectivity index (χ2n) is 10.7. The number of aliphatic hydroxyl groups is 1. The smallest absolute Gasteiger partial charge is 0.301 e. The zero-order valence-corrected chi connectivity index (χ0v) is 28.3. The predicted octanol–water partition coefficient (Wildman–Crippen LogP) is 8.21. The average molecular weight is 695 g/mol. The molecule has 0 radical (unpaired) electrons. The van der Waals surface area contributed by atoms with Crippen molar-refractivity contribution in [1.82, 2.24) is 19.6 Å². The lowest BCUT2D eigenvalue weighted by Gasteiger charge is -2.23. The summed E-state index contributed by atoms with van der Waals surface area (Å²) in [4.78, 5) is 33.6. The van der Waals surface area contributed by atoms with Gasteiger partial charge in [0.1, 0.15) is 17.1 Å². The van der Waals surface area contributed by atoms with Crippen LogP contribution in [0.25, 0.3) is 11.4 Å². The van der Waals surface area contributed by atoms with E-state index in [2.05, 4.69) is 22.1 Å². The number of nitrogens with zero attached hydrogens (tertiary/aromatic N) is 5. The van der Waals surface area contributed by atoms with Crippen LogP contribution in [0.5, 0.6) is 5.75 Å². The molecule has 0 aliphatic carbocycles. The van der Waals surface area contributed by atoms with Crippen LogP contribution < -0.4 is 9.64 Å². The number of aliphatic hydroxyl groups excluding tert-OH is 1. The van der Waals surface area contributed by atoms with Crippen LogP contribution in [0, 0.1) is 13.8 Å². The molecule has 9 nitrogen and oxygen atoms in total. The predicted molar refractivity (Wildman–Crippen MR) is 182 cm³/mol. The molecule has 1 atom stereocenters. The SMILES string of the molecule is CCCCOc1cccc(C2/C(=C(\O)c3nc4c(C)cccn4c3C)C(=O)C(=O)N2c2nnc(SCc3ccc(Cl)cc3Cl)s2)c1. The maximum absolute atomic E-state index is 13.8. The summed E-state index contributed by atoms with van der Waals surface area (Å²) in [5, 5.41) is 21.7. The highest BCUT2D eigenvalue weighted by atomic mass is 35.5. The number of aromatic nitrogens is 4. The summed E-state index contributed by atoms with van der Waals surface area (Å²) in [6.45, 7) is 6.33. The van der Waals surface area contributed by atoms with E-state index in [0.717, 1.165) is 24.0 Å². The number of unbranched alkanes of at least 4 members (excludes halogenated alkanes) is 1. The second-order valence-corrected chi connectivity index (χ2v) is 13.8. The fraction of sp³-hybridized carbons (Fsp3) is 0.242. The summed E-state index contributed by atoms with van der Waals surface area (Å²) in [5.41, 5.74) is 3.75. The number of anilines is 1. The molecule has 0 spiro atoms. The van der Waals surface area contributed by atoms with Gasteiger partial charge in [0.25, 0.3) is 5.78 Å². The van der Waals surface area contributed by atoms with Crippen LogP contribution in [0.2, 0.25) is 10.0 Å². The molecule has 4 heterocycles. The highest BCUT2D eigenvalue weighted by molar-refractivity contribution is 8.00. The van der Waals surface area contributed by atoms with Gasteiger partial charge in [-0.3, -0.25) is 14.5 Å². The number of rotatable bonds is 10. The monoisotopic (exact) mass is 693 g/mol. The standard InChI is InChI=1S/C33H29Cl2N5O4S2/c1-4-5-14-44-23-10-6-9-20(15-23)27-25(28(41)26-19(3)39-13-7-8-18(2)30(39)36-26)29(42)31(43)40(27)32-37-38-33(46-32)45-17-21-11-12-22(34)16-24(21)35/h6-13,15-16,27,41H,4-5,14,17H2,1-3H3/b28-25+. The molecule has 2 aromatic carbocycles. The van der Waals surface area contributed by atoms with E-state index >= 15 is 0 Å². The van der Waals surface area contributed by atoms with E-state index in [4.69, 9.17) is 27.9 Å². The van der Waals surface area contributed by atoms with Crippen molar-refractivity contribution >= 4 is 74.5 Å². The highest BCUT2D eigenvalue weighted by Gasteiger charge is 2.49. The number of Topliss-reactive ketones (excluding diaryl/α,β-unsaturated/α-hetero) is 1. The van der Waals surface area contributed by atoms with Crippen LogP contribution >= 0.6 is 46.3 Å². The van der Waals surface area contributed by atoms with Gasteiger partial charge >= 0.3 is 5.91 Å². The van der Waals surface area contributed by atoms with Gasteiger partial charge in [-0.2, -0.15) is 0 Å². The van der Waals surface area contributed by atoms with E-state index in [0.29, 0.717) is 49.4 Å². The minimum Gasteiger partial charge on any atom is -0.505 e. The molecule has 1 aliphatic heterocycles. The molecule has 46 heavy (non-hydrogen) atoms. The number of aryl methyl sites for hydroxylation is 2. The third kappa shape index (κ3) is 6.12. The lowest BCUT2D eigenvalue weighted by molar-refractivity contribution is -0.132. The molecule has 1 fully saturated rings. The quantitative estimate of drug-likeness (QED) is 0.0389. The number of benzene rings is 2. The molecule has 1 unspecified atom stereocenters. The lowest BCUT2D eigenvalue weighted by Crippen LogP contribution is -2.29. The third-order valence-corrected chi connectivity index (χ3v) is 10.4. The zero-order chi connectivity index (χ0) is 32.5. The lowest BCUT2D eigenvalue weighted by atomic mass is 9.96. The van der Waals surface area contributed by atoms with Crippen molar-refractivity contribution in [3.8, 4) is 5.75 Å². The minimum absolute atomic E-state index is 0.0859. The second kappa shape index (κ2) is 13.4. The number of fused-ring (bicyclic) bond motifs is 1. The van der Waals surface area contributed by atoms with E-state index in [-0.39, 0.29) is 22.2 Å². The number of pyridine rings is 1. The van der Waals surface area contributed by atoms with Gasteiger partial charge < -0.3 is 14.2 Å². The van der Waals surface area contributed by atoms with E-state index in [9.17, 15) is 14.7 Å². The first-order valence-electron chi connectivity index (χ1n) is 14.6. The number of carbonyl (C=O) groups is 2. The van der Waals surface area contributed by atoms with Crippen molar-refractivity contribution in [2.45, 2.75) is 49.7 Å². The number of ether oxygens (including phenoxy) is 1. The summed E-state index contributed by atoms with van der Waals surface area (Å²) in [5.74, 6) is -0.943. The van der Waals surface area contributed by atoms with Gasteiger partial charge in [0.05, 0.1) is 23.9 Å². The van der Waals surface area contributed by atoms with Gasteiger partial charge in [0, 0.05) is 22.0 Å². The number of hydrogen-bond donors (Lipinski definition) is 1. The summed E-state index contributed by atoms with van der Waals surface area (Å²) >= 11 is 15.0. The summed E-state index contributed by atoms with van der Waals surface area (Å²) in [7, 11) is 0. The Morgan fingerprint density at radius 2 is 1.91 bits per heavy atom. The van der Waals surface area contributed by atoms with Crippen molar-refractivity contribution in [2.75, 3.05) is 11.5 Å². The molecule has 3 aromatic heterocycles. The van der Waals surface area contributed by atoms with Crippen molar-refractivity contribution in [3.05, 3.63) is 104 Å². The fourth-order valence-electron chi connectivity index (χ4n) is 5.26. The van der Waals surface area contributed by atoms with Crippen LogP contribution in [0.1, 0.15) is 53.9 Å². The summed E-state index contributed by atoms with van der Waals surface area (Å²) < 4.78 is 8.38. The Morgan fingerprint density at radius 1 is 1.09 bits per heavy atom. The van der Waals surface area contributed by atoms with E-state index in [1.807, 2.05) is 48.7 Å². The Balaban J connectivity index is 1.43. The molecular weight excluding hydrogens is 665 g/mol. The number of ketones is 1. The van der Waals surface area contributed by atoms with Crippen molar-refractivity contribution in [1.29, 1.82) is 0 Å². The van der Waals surface area contributed by atoms with Gasteiger partial charge in [0.15, 0.2) is 10.1 Å². The molecule has 1 amide bonds. The van der Waals surface area contributed by atoms with E-state index in [1.165, 1.54) is 28.0 Å². The van der Waals surface area contributed by atoms with Crippen LogP contribution in [0.4, 0.5) is 5.13 Å². The summed E-state index contributed by atoms with van der Waals surface area (Å²) in [6, 6.07) is 15.3. The van der Waals surface area contributed by atoms with Gasteiger partial charge in [0.2, 0.25) is 5.13 Å². The van der Waals surface area contributed by atoms with Gasteiger partial charge in [-0.25, -0.2) is 4.98 Å². The number of imidazole rings is 1. The minimum atomic E-state index is -1.00. The maximum atomic E-state index is 13.8. The molecule has 13 heteroatoms. The zero-order valence-electron chi connectivity index (χ0n) is 25.2. The van der Waals surface area contributed by atoms with E-state index < -0.39 is 17.7 Å². The van der Waals surface area contributed by atoms with Crippen molar-refractivity contribution in [3.63, 3.8) is 0 Å². The Labute approximate surface area is 283 Å². The van der Waals surface area contributed by atoms with Crippen molar-refractivity contribution < 1.29 is 19.4 Å². The highest BCUT2D eigenvalue weighted by Crippen LogP contribution is 2.45. The number of halogens is 2. The largest absolute Gasteiger partial charge is 0.505 e. The molecule has 1 N–H and O–H groups in total. The fourth-order valence-corrected chi connectivity index (χ4v) is 7.69. The first-order valence-corrected chi connectivity index (χ1v) is 17.1. The normalized spacial score (nSPS) is 16.1. The molecule has 0 bridgehead atoms. The Kier molecular flexibility index (Phi) is 9.37. The van der Waals surface area contributed by atoms with Crippen molar-refractivity contribution in [2.24, 2.45) is 0 Å². The first kappa shape index (κ1) is 32.1. The first-order chi connectivity index (χ1) is 22.2. The molecule has 0 saturated carbocycles. The average Bonchev–Trinajstić information content (AvgIpc) is 3.72. The number of hydrogen-bond acceptors (Lipinski definition) is 9. The third-order valence-electron chi connectivity index (χ3n) is 7.66. The molecule has 1 aliphatic rings. The van der Waals surface area contributed by atoms with Crippen LogP contribution in [0.15, 0.2) is 70.7 Å². The molecule has 236 valence electrons. The van der Waals surface area contributed by atoms with Crippen LogP contribution in [-0.4, -0.2) is 43.0 Å². The Bertz CT molecular complexity index is 2010. The topological polar surface area (TPSA) is 110 Å². The Morgan fingerprint density at radius 3 is 2.67 bits per heavy atom. The number of amides is 1. The van der Waals surface area contributed by atoms with Gasteiger partial charge in [-0.05, 0) is 67.3 Å². The Hall–Kier alpha value is -3.90. The molecule has 6 rings (SSSR count). The molecular formula is C33H29Cl2N5O4S2. The van der Waals surface area contributed by atoms with E-state index in [1.54, 1.807) is 30.3 Å². The summed E-state index contributed by atoms with van der Waals surface area (Å²) in [6.07, 6.45) is 3.69. The molecule has 5 aromatic rings. The van der Waals surface area contributed by atoms with Crippen LogP contribution in [-0.2, 0) is 15.3 Å². The number of thioether (sulfide) groups is 1. The van der Waals surface area contributed by atoms with Gasteiger partial charge in [-0.1, -0.05) is 83.9 Å². The van der Waals surface area contributed by atoms with Gasteiger partial charge in [-0.15, -0.1) is 10.2 Å². The molecule has 1 saturated heterocycles. The number of carbonyl (C=O) groups excluding carboxylic acids is 2.